The molecule has 1 heterocycles. The van der Waals surface area contributed by atoms with Crippen LogP contribution in [0.1, 0.15) is 28.4 Å². The second-order valence-corrected chi connectivity index (χ2v) is 8.17. The average Bonchev–Trinajstić information content (AvgIpc) is 3.06. The van der Waals surface area contributed by atoms with Gasteiger partial charge in [0.15, 0.2) is 0 Å². The number of anilines is 1. The largest absolute Gasteiger partial charge is 0.497 e. The van der Waals surface area contributed by atoms with Crippen LogP contribution in [0.4, 0.5) is 10.5 Å². The third-order valence-electron chi connectivity index (χ3n) is 5.41. The maximum absolute atomic E-state index is 13.0. The Morgan fingerprint density at radius 3 is 2.47 bits per heavy atom. The van der Waals surface area contributed by atoms with Crippen LogP contribution in [0.25, 0.3) is 0 Å². The number of nitrogens with zero attached hydrogens (tertiary/aromatic N) is 2. The van der Waals surface area contributed by atoms with E-state index >= 15 is 0 Å². The lowest BCUT2D eigenvalue weighted by Gasteiger charge is -2.21. The van der Waals surface area contributed by atoms with Crippen molar-refractivity contribution in [3.8, 4) is 5.75 Å². The number of imide groups is 1. The number of amides is 4. The monoisotopic (exact) mass is 476 g/mol. The van der Waals surface area contributed by atoms with Crippen molar-refractivity contribution in [2.75, 3.05) is 12.4 Å². The highest BCUT2D eigenvalue weighted by Crippen LogP contribution is 2.30. The van der Waals surface area contributed by atoms with Gasteiger partial charge in [0.2, 0.25) is 0 Å². The molecule has 9 heteroatoms. The molecule has 3 aromatic rings. The molecular weight excluding hydrogens is 456 g/mol. The van der Waals surface area contributed by atoms with Gasteiger partial charge >= 0.3 is 6.03 Å². The summed E-state index contributed by atoms with van der Waals surface area (Å²) in [6, 6.07) is 19.6. The summed E-state index contributed by atoms with van der Waals surface area (Å²) in [5.41, 5.74) is 0.934. The number of nitrogens with one attached hydrogen (secondary N) is 2. The summed E-state index contributed by atoms with van der Waals surface area (Å²) in [7, 11) is 1.55. The smallest absolute Gasteiger partial charge is 0.346 e. The minimum absolute atomic E-state index is 0.296. The molecule has 8 nitrogen and oxygen atoms in total. The first kappa shape index (κ1) is 23.0. The lowest BCUT2D eigenvalue weighted by atomic mass is 9.92. The predicted octanol–water partition coefficient (Wildman–Crippen LogP) is 4.40. The summed E-state index contributed by atoms with van der Waals surface area (Å²) in [5.74, 6) is -0.164. The predicted molar refractivity (Wildman–Crippen MR) is 129 cm³/mol. The first-order valence-electron chi connectivity index (χ1n) is 10.3. The van der Waals surface area contributed by atoms with Gasteiger partial charge in [0.25, 0.3) is 11.8 Å². The van der Waals surface area contributed by atoms with Crippen LogP contribution in [-0.4, -0.2) is 36.2 Å². The summed E-state index contributed by atoms with van der Waals surface area (Å²) in [5, 5.41) is 10.9. The fourth-order valence-electron chi connectivity index (χ4n) is 3.47. The molecule has 0 radical (unpaired) electrons. The molecule has 0 spiro atoms. The zero-order valence-electron chi connectivity index (χ0n) is 18.4. The van der Waals surface area contributed by atoms with Gasteiger partial charge in [0.05, 0.1) is 13.3 Å². The van der Waals surface area contributed by atoms with Crippen molar-refractivity contribution in [2.45, 2.75) is 12.5 Å². The highest BCUT2D eigenvalue weighted by atomic mass is 35.5. The molecule has 0 saturated carbocycles. The molecule has 0 aromatic heterocycles. The number of ether oxygens (including phenoxy) is 1. The van der Waals surface area contributed by atoms with Crippen LogP contribution in [0, 0.1) is 0 Å². The molecule has 1 aliphatic heterocycles. The third-order valence-corrected chi connectivity index (χ3v) is 5.66. The summed E-state index contributed by atoms with van der Waals surface area (Å²) >= 11 is 5.86. The summed E-state index contributed by atoms with van der Waals surface area (Å²) in [6.45, 7) is 1.62. The summed E-state index contributed by atoms with van der Waals surface area (Å²) in [6.07, 6.45) is 1.38. The Labute approximate surface area is 201 Å². The Hall–Kier alpha value is -4.17. The molecule has 172 valence electrons. The number of hydrogen-bond acceptors (Lipinski definition) is 5. The Morgan fingerprint density at radius 2 is 1.79 bits per heavy atom. The number of hydrazone groups is 1. The number of urea groups is 1. The van der Waals surface area contributed by atoms with E-state index in [0.717, 1.165) is 5.01 Å². The van der Waals surface area contributed by atoms with E-state index in [9.17, 15) is 14.4 Å². The van der Waals surface area contributed by atoms with Gasteiger partial charge in [-0.3, -0.25) is 9.59 Å². The van der Waals surface area contributed by atoms with Gasteiger partial charge in [0.1, 0.15) is 11.3 Å². The number of halogens is 1. The average molecular weight is 477 g/mol. The van der Waals surface area contributed by atoms with E-state index in [-0.39, 0.29) is 5.91 Å². The van der Waals surface area contributed by atoms with Crippen molar-refractivity contribution >= 4 is 41.3 Å². The number of hydrogen-bond donors (Lipinski definition) is 2. The Balaban J connectivity index is 1.48. The normalized spacial score (nSPS) is 17.7. The SMILES string of the molecule is COc1ccc(C2(C)NC(=O)N(/N=C/c3cccc(NC(=O)c4ccc(Cl)cc4)c3)C2=O)cc1. The lowest BCUT2D eigenvalue weighted by Crippen LogP contribution is -2.40. The standard InChI is InChI=1S/C25H21ClN4O4/c1-25(18-8-12-21(34-2)13-9-18)23(32)30(24(33)29-25)27-15-16-4-3-5-20(14-16)28-22(31)17-6-10-19(26)11-7-17/h3-15H,1-2H3,(H,28,31)(H,29,33)/b27-15+. The third kappa shape index (κ3) is 4.62. The number of carbonyl (C=O) groups excluding carboxylic acids is 3. The van der Waals surface area contributed by atoms with Crippen LogP contribution in [-0.2, 0) is 10.3 Å². The van der Waals surface area contributed by atoms with Crippen molar-refractivity contribution < 1.29 is 19.1 Å². The maximum atomic E-state index is 13.0. The van der Waals surface area contributed by atoms with E-state index in [2.05, 4.69) is 15.7 Å². The first-order valence-corrected chi connectivity index (χ1v) is 10.7. The minimum atomic E-state index is -1.25. The fourth-order valence-corrected chi connectivity index (χ4v) is 3.60. The highest BCUT2D eigenvalue weighted by Gasteiger charge is 2.49. The van der Waals surface area contributed by atoms with E-state index in [1.54, 1.807) is 86.8 Å². The van der Waals surface area contributed by atoms with Crippen LogP contribution in [0.3, 0.4) is 0 Å². The molecule has 1 saturated heterocycles. The van der Waals surface area contributed by atoms with Gasteiger partial charge in [-0.05, 0) is 66.6 Å². The van der Waals surface area contributed by atoms with Crippen LogP contribution in [0.15, 0.2) is 77.9 Å². The molecule has 1 fully saturated rings. The Morgan fingerprint density at radius 1 is 1.09 bits per heavy atom. The van der Waals surface area contributed by atoms with E-state index in [1.807, 2.05) is 0 Å². The van der Waals surface area contributed by atoms with E-state index in [0.29, 0.717) is 33.1 Å². The molecule has 2 N–H and O–H groups in total. The van der Waals surface area contributed by atoms with E-state index < -0.39 is 17.5 Å². The molecule has 0 bridgehead atoms. The molecule has 1 aliphatic rings. The van der Waals surface area contributed by atoms with Crippen LogP contribution in [0.5, 0.6) is 5.75 Å². The van der Waals surface area contributed by atoms with Gasteiger partial charge in [-0.25, -0.2) is 4.79 Å². The molecule has 1 atom stereocenters. The van der Waals surface area contributed by atoms with Crippen LogP contribution < -0.4 is 15.4 Å². The summed E-state index contributed by atoms with van der Waals surface area (Å²) in [4.78, 5) is 38.0. The second kappa shape index (κ2) is 9.36. The molecular formula is C25H21ClN4O4. The molecule has 0 aliphatic carbocycles. The van der Waals surface area contributed by atoms with Gasteiger partial charge < -0.3 is 15.4 Å². The van der Waals surface area contributed by atoms with Gasteiger partial charge in [-0.1, -0.05) is 35.9 Å². The molecule has 3 aromatic carbocycles. The fraction of sp³-hybridized carbons (Fsp3) is 0.120. The van der Waals surface area contributed by atoms with Crippen LogP contribution in [0.2, 0.25) is 5.02 Å². The number of carbonyl (C=O) groups is 3. The van der Waals surface area contributed by atoms with Gasteiger partial charge in [-0.2, -0.15) is 5.10 Å². The quantitative estimate of drug-likeness (QED) is 0.406. The van der Waals surface area contributed by atoms with Crippen molar-refractivity contribution in [1.82, 2.24) is 10.3 Å². The zero-order valence-corrected chi connectivity index (χ0v) is 19.2. The number of methoxy groups -OCH3 is 1. The van der Waals surface area contributed by atoms with Crippen molar-refractivity contribution in [1.29, 1.82) is 0 Å². The van der Waals surface area contributed by atoms with Crippen molar-refractivity contribution in [2.24, 2.45) is 5.10 Å². The molecule has 4 amide bonds. The Kier molecular flexibility index (Phi) is 6.34. The van der Waals surface area contributed by atoms with Crippen molar-refractivity contribution in [3.05, 3.63) is 94.5 Å². The Bertz CT molecular complexity index is 1270. The topological polar surface area (TPSA) is 100 Å². The highest BCUT2D eigenvalue weighted by molar-refractivity contribution is 6.30. The van der Waals surface area contributed by atoms with Gasteiger partial charge in [0, 0.05) is 16.3 Å². The van der Waals surface area contributed by atoms with E-state index in [4.69, 9.17) is 16.3 Å². The molecule has 34 heavy (non-hydrogen) atoms. The van der Waals surface area contributed by atoms with Gasteiger partial charge in [-0.15, -0.1) is 5.01 Å². The second-order valence-electron chi connectivity index (χ2n) is 7.73. The molecule has 1 unspecified atom stereocenters. The number of rotatable bonds is 6. The van der Waals surface area contributed by atoms with E-state index in [1.165, 1.54) is 6.21 Å². The van der Waals surface area contributed by atoms with Crippen molar-refractivity contribution in [3.63, 3.8) is 0 Å². The number of benzene rings is 3. The van der Waals surface area contributed by atoms with Crippen LogP contribution >= 0.6 is 11.6 Å². The molecule has 4 rings (SSSR count). The maximum Gasteiger partial charge on any atom is 0.346 e. The zero-order chi connectivity index (χ0) is 24.3. The minimum Gasteiger partial charge on any atom is -0.497 e. The lowest BCUT2D eigenvalue weighted by molar-refractivity contribution is -0.131. The first-order chi connectivity index (χ1) is 16.3. The summed E-state index contributed by atoms with van der Waals surface area (Å²) < 4.78 is 5.15.